The van der Waals surface area contributed by atoms with E-state index in [0.717, 1.165) is 33.8 Å². The number of methoxy groups -OCH3 is 1. The van der Waals surface area contributed by atoms with Crippen molar-refractivity contribution in [2.75, 3.05) is 19.0 Å². The van der Waals surface area contributed by atoms with E-state index in [1.807, 2.05) is 67.6 Å². The van der Waals surface area contributed by atoms with Gasteiger partial charge in [-0.25, -0.2) is 4.79 Å². The zero-order valence-corrected chi connectivity index (χ0v) is 15.5. The number of urea groups is 1. The molecule has 27 heavy (non-hydrogen) atoms. The molecule has 2 N–H and O–H groups in total. The lowest BCUT2D eigenvalue weighted by molar-refractivity contribution is 0.252. The zero-order chi connectivity index (χ0) is 19.1. The molecule has 3 rings (SSSR count). The topological polar surface area (TPSA) is 63.2 Å². The van der Waals surface area contributed by atoms with E-state index >= 15 is 0 Å². The highest BCUT2D eigenvalue weighted by Gasteiger charge is 2.05. The average Bonchev–Trinajstić information content (AvgIpc) is 2.69. The lowest BCUT2D eigenvalue weighted by Crippen LogP contribution is -2.30. The van der Waals surface area contributed by atoms with E-state index in [1.54, 1.807) is 13.3 Å². The summed E-state index contributed by atoms with van der Waals surface area (Å²) in [6.07, 6.45) is 2.50. The van der Waals surface area contributed by atoms with Crippen molar-refractivity contribution in [1.82, 2.24) is 10.3 Å². The quantitative estimate of drug-likeness (QED) is 0.683. The molecule has 2 aromatic carbocycles. The number of carbonyl (C=O) groups excluding carboxylic acids is 1. The molecule has 1 heterocycles. The molecule has 0 radical (unpaired) electrons. The molecule has 0 fully saturated rings. The van der Waals surface area contributed by atoms with Crippen LogP contribution in [0.2, 0.25) is 0 Å². The predicted molar refractivity (Wildman–Crippen MR) is 108 cm³/mol. The summed E-state index contributed by atoms with van der Waals surface area (Å²) in [5.41, 5.74) is 4.98. The van der Waals surface area contributed by atoms with Crippen molar-refractivity contribution < 1.29 is 9.53 Å². The number of aromatic nitrogens is 1. The van der Waals surface area contributed by atoms with Crippen LogP contribution in [0.4, 0.5) is 10.5 Å². The summed E-state index contributed by atoms with van der Waals surface area (Å²) in [7, 11) is 1.65. The number of benzene rings is 2. The van der Waals surface area contributed by atoms with Crippen LogP contribution in [0, 0.1) is 6.92 Å². The summed E-state index contributed by atoms with van der Waals surface area (Å²) < 4.78 is 5.32. The Labute approximate surface area is 159 Å². The molecule has 3 aromatic rings. The van der Waals surface area contributed by atoms with Gasteiger partial charge in [0.2, 0.25) is 0 Å². The Morgan fingerprint density at radius 3 is 2.56 bits per heavy atom. The van der Waals surface area contributed by atoms with Gasteiger partial charge in [0.05, 0.1) is 7.11 Å². The number of hydrogen-bond donors (Lipinski definition) is 2. The van der Waals surface area contributed by atoms with Gasteiger partial charge in [0.15, 0.2) is 0 Å². The maximum atomic E-state index is 12.1. The fourth-order valence-corrected chi connectivity index (χ4v) is 2.87. The predicted octanol–water partition coefficient (Wildman–Crippen LogP) is 4.43. The molecule has 0 atom stereocenters. The number of hydrogen-bond acceptors (Lipinski definition) is 3. The van der Waals surface area contributed by atoms with Crippen LogP contribution in [-0.2, 0) is 6.42 Å². The first-order valence-electron chi connectivity index (χ1n) is 8.85. The summed E-state index contributed by atoms with van der Waals surface area (Å²) >= 11 is 0. The number of carbonyl (C=O) groups is 1. The van der Waals surface area contributed by atoms with Crippen molar-refractivity contribution in [2.24, 2.45) is 0 Å². The number of nitrogens with one attached hydrogen (secondary N) is 2. The normalized spacial score (nSPS) is 10.3. The van der Waals surface area contributed by atoms with Crippen molar-refractivity contribution in [1.29, 1.82) is 0 Å². The van der Waals surface area contributed by atoms with Crippen molar-refractivity contribution in [3.8, 4) is 16.9 Å². The summed E-state index contributed by atoms with van der Waals surface area (Å²) in [6.45, 7) is 2.50. The van der Waals surface area contributed by atoms with Crippen LogP contribution in [0.5, 0.6) is 5.75 Å². The van der Waals surface area contributed by atoms with E-state index in [0.29, 0.717) is 13.0 Å². The van der Waals surface area contributed by atoms with Crippen molar-refractivity contribution in [3.05, 3.63) is 78.1 Å². The number of ether oxygens (including phenoxy) is 1. The van der Waals surface area contributed by atoms with E-state index < -0.39 is 0 Å². The molecule has 0 spiro atoms. The molecule has 0 aliphatic rings. The number of pyridine rings is 1. The molecule has 0 aliphatic heterocycles. The van der Waals surface area contributed by atoms with Gasteiger partial charge in [0, 0.05) is 24.1 Å². The van der Waals surface area contributed by atoms with Crippen LogP contribution in [0.3, 0.4) is 0 Å². The number of rotatable bonds is 6. The highest BCUT2D eigenvalue weighted by molar-refractivity contribution is 5.89. The first kappa shape index (κ1) is 18.5. The third kappa shape index (κ3) is 5.07. The first-order valence-corrected chi connectivity index (χ1v) is 8.85. The van der Waals surface area contributed by atoms with E-state index in [4.69, 9.17) is 4.74 Å². The van der Waals surface area contributed by atoms with Crippen LogP contribution < -0.4 is 15.4 Å². The van der Waals surface area contributed by atoms with Crippen LogP contribution in [0.1, 0.15) is 11.3 Å². The maximum absolute atomic E-state index is 12.1. The van der Waals surface area contributed by atoms with Gasteiger partial charge in [0.25, 0.3) is 0 Å². The van der Waals surface area contributed by atoms with Crippen molar-refractivity contribution in [3.63, 3.8) is 0 Å². The average molecular weight is 361 g/mol. The molecule has 5 heteroatoms. The number of aryl methyl sites for hydroxylation is 1. The zero-order valence-electron chi connectivity index (χ0n) is 15.5. The smallest absolute Gasteiger partial charge is 0.319 e. The van der Waals surface area contributed by atoms with Crippen LogP contribution in [0.15, 0.2) is 66.9 Å². The van der Waals surface area contributed by atoms with Crippen molar-refractivity contribution >= 4 is 11.7 Å². The van der Waals surface area contributed by atoms with E-state index in [2.05, 4.69) is 15.6 Å². The fraction of sp³-hybridized carbons (Fsp3) is 0.182. The van der Waals surface area contributed by atoms with E-state index in [-0.39, 0.29) is 6.03 Å². The number of amides is 2. The highest BCUT2D eigenvalue weighted by atomic mass is 16.5. The second-order valence-electron chi connectivity index (χ2n) is 6.21. The van der Waals surface area contributed by atoms with Gasteiger partial charge >= 0.3 is 6.03 Å². The minimum Gasteiger partial charge on any atom is -0.496 e. The molecular weight excluding hydrogens is 338 g/mol. The Morgan fingerprint density at radius 1 is 1.04 bits per heavy atom. The Morgan fingerprint density at radius 2 is 1.81 bits per heavy atom. The Bertz CT molecular complexity index is 907. The molecule has 138 valence electrons. The molecular formula is C22H23N3O2. The highest BCUT2D eigenvalue weighted by Crippen LogP contribution is 2.21. The monoisotopic (exact) mass is 361 g/mol. The third-order valence-electron chi connectivity index (χ3n) is 4.25. The second kappa shape index (κ2) is 8.85. The van der Waals surface area contributed by atoms with Gasteiger partial charge < -0.3 is 15.4 Å². The Balaban J connectivity index is 1.52. The van der Waals surface area contributed by atoms with Crippen molar-refractivity contribution in [2.45, 2.75) is 13.3 Å². The SMILES string of the molecule is COc1ccccc1CCNC(=O)Nc1ccc(-c2ccnc(C)c2)cc1. The first-order chi connectivity index (χ1) is 13.2. The molecule has 2 amide bonds. The van der Waals surface area contributed by atoms with Gasteiger partial charge in [0.1, 0.15) is 5.75 Å². The second-order valence-corrected chi connectivity index (χ2v) is 6.21. The lowest BCUT2D eigenvalue weighted by atomic mass is 10.1. The standard InChI is InChI=1S/C22H23N3O2/c1-16-15-19(12-13-23-16)17-7-9-20(10-8-17)25-22(26)24-14-11-18-5-3-4-6-21(18)27-2/h3-10,12-13,15H,11,14H2,1-2H3,(H2,24,25,26). The van der Waals surface area contributed by atoms with Crippen LogP contribution >= 0.6 is 0 Å². The van der Waals surface area contributed by atoms with Crippen LogP contribution in [-0.4, -0.2) is 24.7 Å². The summed E-state index contributed by atoms with van der Waals surface area (Å²) in [6, 6.07) is 19.3. The minimum absolute atomic E-state index is 0.225. The number of nitrogens with zero attached hydrogens (tertiary/aromatic N) is 1. The summed E-state index contributed by atoms with van der Waals surface area (Å²) in [4.78, 5) is 16.3. The summed E-state index contributed by atoms with van der Waals surface area (Å²) in [5.74, 6) is 0.835. The maximum Gasteiger partial charge on any atom is 0.319 e. The largest absolute Gasteiger partial charge is 0.496 e. The minimum atomic E-state index is -0.225. The fourth-order valence-electron chi connectivity index (χ4n) is 2.87. The Hall–Kier alpha value is -3.34. The number of anilines is 1. The number of para-hydroxylation sites is 1. The molecule has 0 aliphatic carbocycles. The molecule has 5 nitrogen and oxygen atoms in total. The molecule has 0 saturated carbocycles. The summed E-state index contributed by atoms with van der Waals surface area (Å²) in [5, 5.41) is 5.72. The molecule has 0 bridgehead atoms. The molecule has 0 saturated heterocycles. The van der Waals surface area contributed by atoms with Gasteiger partial charge in [-0.05, 0) is 60.4 Å². The molecule has 0 unspecified atom stereocenters. The van der Waals surface area contributed by atoms with Gasteiger partial charge in [-0.3, -0.25) is 4.98 Å². The van der Waals surface area contributed by atoms with Gasteiger partial charge in [-0.2, -0.15) is 0 Å². The van der Waals surface area contributed by atoms with Gasteiger partial charge in [-0.15, -0.1) is 0 Å². The van der Waals surface area contributed by atoms with E-state index in [1.165, 1.54) is 0 Å². The lowest BCUT2D eigenvalue weighted by Gasteiger charge is -2.10. The Kier molecular flexibility index (Phi) is 6.05. The third-order valence-corrected chi connectivity index (χ3v) is 4.25. The van der Waals surface area contributed by atoms with Crippen LogP contribution in [0.25, 0.3) is 11.1 Å². The molecule has 1 aromatic heterocycles. The van der Waals surface area contributed by atoms with Gasteiger partial charge in [-0.1, -0.05) is 30.3 Å². The van der Waals surface area contributed by atoms with E-state index in [9.17, 15) is 4.79 Å².